The van der Waals surface area contributed by atoms with Crippen molar-refractivity contribution >= 4 is 5.91 Å². The topological polar surface area (TPSA) is 52.6 Å². The third kappa shape index (κ3) is 4.83. The Hall–Kier alpha value is -2.33. The Bertz CT molecular complexity index is 639. The summed E-state index contributed by atoms with van der Waals surface area (Å²) in [5.41, 5.74) is 1.57. The first kappa shape index (κ1) is 18.0. The highest BCUT2D eigenvalue weighted by atomic mass is 16.3. The van der Waals surface area contributed by atoms with Crippen LogP contribution in [0.4, 0.5) is 0 Å². The van der Waals surface area contributed by atoms with Crippen LogP contribution in [-0.4, -0.2) is 41.6 Å². The van der Waals surface area contributed by atoms with Crippen molar-refractivity contribution < 1.29 is 9.90 Å². The van der Waals surface area contributed by atoms with Crippen LogP contribution in [0.15, 0.2) is 54.6 Å². The van der Waals surface area contributed by atoms with Gasteiger partial charge in [0.15, 0.2) is 0 Å². The molecule has 0 fully saturated rings. The predicted molar refractivity (Wildman–Crippen MR) is 97.3 cm³/mol. The van der Waals surface area contributed by atoms with Crippen LogP contribution < -0.4 is 5.32 Å². The van der Waals surface area contributed by atoms with Crippen molar-refractivity contribution in [2.24, 2.45) is 0 Å². The molecule has 1 amide bonds. The van der Waals surface area contributed by atoms with Crippen molar-refractivity contribution in [3.8, 4) is 5.75 Å². The van der Waals surface area contributed by atoms with Crippen molar-refractivity contribution in [3.05, 3.63) is 65.7 Å². The standard InChI is InChI=1S/C20H26N2O2/c1-3-22(4-2)17(14-16-10-6-5-7-11-16)15-21-20(24)18-12-8-9-13-19(18)23/h5-13,17,23H,3-4,14-15H2,1-2H3,(H,21,24). The van der Waals surface area contributed by atoms with Gasteiger partial charge < -0.3 is 10.4 Å². The largest absolute Gasteiger partial charge is 0.507 e. The number of aromatic hydroxyl groups is 1. The van der Waals surface area contributed by atoms with Gasteiger partial charge in [0.1, 0.15) is 5.75 Å². The molecule has 0 saturated carbocycles. The Morgan fingerprint density at radius 2 is 1.67 bits per heavy atom. The highest BCUT2D eigenvalue weighted by Gasteiger charge is 2.18. The van der Waals surface area contributed by atoms with Crippen LogP contribution in [0.2, 0.25) is 0 Å². The molecule has 0 aromatic heterocycles. The fourth-order valence-electron chi connectivity index (χ4n) is 2.93. The summed E-state index contributed by atoms with van der Waals surface area (Å²) >= 11 is 0. The minimum absolute atomic E-state index is 0.0115. The fraction of sp³-hybridized carbons (Fsp3) is 0.350. The van der Waals surface area contributed by atoms with Crippen molar-refractivity contribution in [3.63, 3.8) is 0 Å². The maximum absolute atomic E-state index is 12.3. The molecule has 128 valence electrons. The first-order valence-electron chi connectivity index (χ1n) is 8.49. The fourth-order valence-corrected chi connectivity index (χ4v) is 2.93. The number of benzene rings is 2. The van der Waals surface area contributed by atoms with Crippen molar-refractivity contribution in [2.45, 2.75) is 26.3 Å². The van der Waals surface area contributed by atoms with E-state index < -0.39 is 0 Å². The number of nitrogens with zero attached hydrogens (tertiary/aromatic N) is 1. The molecule has 0 aliphatic rings. The average Bonchev–Trinajstić information content (AvgIpc) is 2.61. The molecule has 0 spiro atoms. The number of hydrogen-bond acceptors (Lipinski definition) is 3. The van der Waals surface area contributed by atoms with E-state index >= 15 is 0 Å². The summed E-state index contributed by atoms with van der Waals surface area (Å²) in [7, 11) is 0. The maximum atomic E-state index is 12.3. The Morgan fingerprint density at radius 1 is 1.04 bits per heavy atom. The van der Waals surface area contributed by atoms with E-state index in [1.165, 1.54) is 11.6 Å². The van der Waals surface area contributed by atoms with Gasteiger partial charge in [-0.05, 0) is 37.2 Å². The minimum Gasteiger partial charge on any atom is -0.507 e. The lowest BCUT2D eigenvalue weighted by atomic mass is 10.0. The van der Waals surface area contributed by atoms with Crippen molar-refractivity contribution in [1.29, 1.82) is 0 Å². The molecule has 1 unspecified atom stereocenters. The summed E-state index contributed by atoms with van der Waals surface area (Å²) in [5, 5.41) is 12.8. The molecule has 24 heavy (non-hydrogen) atoms. The van der Waals surface area contributed by atoms with Crippen LogP contribution in [0.1, 0.15) is 29.8 Å². The monoisotopic (exact) mass is 326 g/mol. The lowest BCUT2D eigenvalue weighted by Gasteiger charge is -2.30. The van der Waals surface area contributed by atoms with E-state index in [2.05, 4.69) is 36.2 Å². The Labute approximate surface area is 144 Å². The highest BCUT2D eigenvalue weighted by Crippen LogP contribution is 2.15. The van der Waals surface area contributed by atoms with Gasteiger partial charge in [-0.15, -0.1) is 0 Å². The second kappa shape index (κ2) is 9.08. The van der Waals surface area contributed by atoms with Gasteiger partial charge >= 0.3 is 0 Å². The van der Waals surface area contributed by atoms with Gasteiger partial charge in [0.05, 0.1) is 5.56 Å². The van der Waals surface area contributed by atoms with E-state index in [4.69, 9.17) is 0 Å². The molecule has 1 atom stereocenters. The van der Waals surface area contributed by atoms with Crippen molar-refractivity contribution in [1.82, 2.24) is 10.2 Å². The number of amides is 1. The molecule has 4 nitrogen and oxygen atoms in total. The van der Waals surface area contributed by atoms with Gasteiger partial charge in [-0.3, -0.25) is 9.69 Å². The van der Waals surface area contributed by atoms with E-state index in [1.807, 2.05) is 18.2 Å². The second-order valence-corrected chi connectivity index (χ2v) is 5.79. The van der Waals surface area contributed by atoms with E-state index in [9.17, 15) is 9.90 Å². The number of carbonyl (C=O) groups is 1. The number of carbonyl (C=O) groups excluding carboxylic acids is 1. The van der Waals surface area contributed by atoms with Crippen LogP contribution in [0.5, 0.6) is 5.75 Å². The number of nitrogens with one attached hydrogen (secondary N) is 1. The van der Waals surface area contributed by atoms with E-state index in [1.54, 1.807) is 18.2 Å². The lowest BCUT2D eigenvalue weighted by Crippen LogP contribution is -2.45. The highest BCUT2D eigenvalue weighted by molar-refractivity contribution is 5.96. The van der Waals surface area contributed by atoms with Crippen LogP contribution >= 0.6 is 0 Å². The van der Waals surface area contributed by atoms with Gasteiger partial charge in [-0.25, -0.2) is 0 Å². The van der Waals surface area contributed by atoms with E-state index in [0.29, 0.717) is 12.1 Å². The van der Waals surface area contributed by atoms with Gasteiger partial charge in [0.25, 0.3) is 5.91 Å². The lowest BCUT2D eigenvalue weighted by molar-refractivity contribution is 0.0932. The zero-order valence-electron chi connectivity index (χ0n) is 14.4. The molecule has 0 bridgehead atoms. The SMILES string of the molecule is CCN(CC)C(CNC(=O)c1ccccc1O)Cc1ccccc1. The van der Waals surface area contributed by atoms with Crippen LogP contribution in [-0.2, 0) is 6.42 Å². The third-order valence-electron chi connectivity index (χ3n) is 4.29. The van der Waals surface area contributed by atoms with E-state index in [0.717, 1.165) is 19.5 Å². The predicted octanol–water partition coefficient (Wildman–Crippen LogP) is 3.08. The summed E-state index contributed by atoms with van der Waals surface area (Å²) in [4.78, 5) is 14.7. The van der Waals surface area contributed by atoms with Crippen LogP contribution in [0.25, 0.3) is 0 Å². The molecular weight excluding hydrogens is 300 g/mol. The zero-order valence-corrected chi connectivity index (χ0v) is 14.4. The molecular formula is C20H26N2O2. The van der Waals surface area contributed by atoms with E-state index in [-0.39, 0.29) is 17.7 Å². The maximum Gasteiger partial charge on any atom is 0.255 e. The third-order valence-corrected chi connectivity index (χ3v) is 4.29. The molecule has 0 aliphatic carbocycles. The summed E-state index contributed by atoms with van der Waals surface area (Å²) in [5.74, 6) is -0.226. The Morgan fingerprint density at radius 3 is 2.29 bits per heavy atom. The first-order chi connectivity index (χ1) is 11.7. The normalized spacial score (nSPS) is 12.1. The Balaban J connectivity index is 2.05. The minimum atomic E-state index is -0.238. The average molecular weight is 326 g/mol. The number of phenolic OH excluding ortho intramolecular Hbond substituents is 1. The molecule has 0 radical (unpaired) electrons. The number of para-hydroxylation sites is 1. The molecule has 0 saturated heterocycles. The number of phenols is 1. The molecule has 2 rings (SSSR count). The molecule has 2 N–H and O–H groups in total. The van der Waals surface area contributed by atoms with Gasteiger partial charge in [-0.1, -0.05) is 56.3 Å². The number of likely N-dealkylation sites (N-methyl/N-ethyl adjacent to an activating group) is 1. The van der Waals surface area contributed by atoms with Gasteiger partial charge in [0.2, 0.25) is 0 Å². The summed E-state index contributed by atoms with van der Waals surface area (Å²) in [6.45, 7) is 6.67. The van der Waals surface area contributed by atoms with Gasteiger partial charge in [0, 0.05) is 12.6 Å². The number of hydrogen-bond donors (Lipinski definition) is 2. The summed E-state index contributed by atoms with van der Waals surface area (Å²) < 4.78 is 0. The second-order valence-electron chi connectivity index (χ2n) is 5.79. The zero-order chi connectivity index (χ0) is 17.4. The summed E-state index contributed by atoms with van der Waals surface area (Å²) in [6, 6.07) is 17.1. The number of rotatable bonds is 8. The molecule has 0 heterocycles. The van der Waals surface area contributed by atoms with Crippen LogP contribution in [0, 0.1) is 0 Å². The summed E-state index contributed by atoms with van der Waals surface area (Å²) in [6.07, 6.45) is 0.879. The van der Waals surface area contributed by atoms with Crippen molar-refractivity contribution in [2.75, 3.05) is 19.6 Å². The molecule has 0 aliphatic heterocycles. The molecule has 2 aromatic carbocycles. The smallest absolute Gasteiger partial charge is 0.255 e. The first-order valence-corrected chi connectivity index (χ1v) is 8.49. The Kier molecular flexibility index (Phi) is 6.82. The van der Waals surface area contributed by atoms with Gasteiger partial charge in [-0.2, -0.15) is 0 Å². The molecule has 2 aromatic rings. The quantitative estimate of drug-likeness (QED) is 0.784. The molecule has 4 heteroatoms. The van der Waals surface area contributed by atoms with Crippen LogP contribution in [0.3, 0.4) is 0 Å².